The normalized spacial score (nSPS) is 21.3. The van der Waals surface area contributed by atoms with E-state index in [1.165, 1.54) is 0 Å². The number of likely N-dealkylation sites (tertiary alicyclic amines) is 2. The molecule has 58 heavy (non-hydrogen) atoms. The molecule has 310 valence electrons. The first kappa shape index (κ1) is 40.4. The van der Waals surface area contributed by atoms with E-state index in [0.717, 1.165) is 59.3 Å². The average Bonchev–Trinajstić information content (AvgIpc) is 3.99. The van der Waals surface area contributed by atoms with E-state index >= 15 is 0 Å². The van der Waals surface area contributed by atoms with Crippen LogP contribution >= 0.6 is 0 Å². The molecule has 4 N–H and O–H groups in total. The molecule has 4 aromatic rings. The second kappa shape index (κ2) is 16.0. The summed E-state index contributed by atoms with van der Waals surface area (Å²) in [6.45, 7) is 8.58. The Hall–Kier alpha value is -4.38. The van der Waals surface area contributed by atoms with Crippen LogP contribution < -0.4 is 9.44 Å². The minimum Gasteiger partial charge on any atom is -0.340 e. The van der Waals surface area contributed by atoms with Crippen LogP contribution in [0.2, 0.25) is 0 Å². The smallest absolute Gasteiger partial charge is 0.241 e. The number of imidazole rings is 2. The topological polar surface area (TPSA) is 190 Å². The molecule has 0 spiro atoms. The fourth-order valence-electron chi connectivity index (χ4n) is 8.22. The lowest BCUT2D eigenvalue weighted by Crippen LogP contribution is -2.51. The lowest BCUT2D eigenvalue weighted by molar-refractivity contribution is -0.135. The van der Waals surface area contributed by atoms with Gasteiger partial charge in [0.15, 0.2) is 0 Å². The van der Waals surface area contributed by atoms with Crippen molar-refractivity contribution in [3.63, 3.8) is 0 Å². The quantitative estimate of drug-likeness (QED) is 0.118. The third-order valence-electron chi connectivity index (χ3n) is 12.0. The molecule has 2 aliphatic carbocycles. The number of hydrogen-bond acceptors (Lipinski definition) is 8. The Bertz CT molecular complexity index is 2180. The number of H-pyrrole nitrogens is 2. The molecule has 2 amide bonds. The molecule has 4 heterocycles. The van der Waals surface area contributed by atoms with E-state index in [1.807, 2.05) is 52.0 Å². The molecule has 4 atom stereocenters. The molecule has 2 aromatic heterocycles. The molecule has 16 heteroatoms. The van der Waals surface area contributed by atoms with Gasteiger partial charge >= 0.3 is 0 Å². The van der Waals surface area contributed by atoms with Gasteiger partial charge in [-0.3, -0.25) is 9.59 Å². The number of aromatic nitrogens is 4. The molecular weight excluding hydrogens is 777 g/mol. The number of amides is 2. The lowest BCUT2D eigenvalue weighted by Gasteiger charge is -2.30. The molecule has 14 nitrogen and oxygen atoms in total. The van der Waals surface area contributed by atoms with Crippen LogP contribution in [0.4, 0.5) is 0 Å². The Balaban J connectivity index is 0.911. The van der Waals surface area contributed by atoms with E-state index in [4.69, 9.17) is 0 Å². The van der Waals surface area contributed by atoms with Crippen LogP contribution in [-0.2, 0) is 29.6 Å². The van der Waals surface area contributed by atoms with Gasteiger partial charge in [0.2, 0.25) is 31.9 Å². The first-order valence-corrected chi connectivity index (χ1v) is 23.7. The maximum Gasteiger partial charge on any atom is 0.241 e. The number of carbonyl (C=O) groups is 2. The monoisotopic (exact) mass is 830 g/mol. The Morgan fingerprint density at radius 3 is 1.26 bits per heavy atom. The maximum atomic E-state index is 13.7. The van der Waals surface area contributed by atoms with Crippen LogP contribution in [-0.4, -0.2) is 94.1 Å². The maximum absolute atomic E-state index is 13.7. The van der Waals surface area contributed by atoms with Crippen LogP contribution in [0.1, 0.15) is 103 Å². The highest BCUT2D eigenvalue weighted by Gasteiger charge is 2.44. The number of rotatable bonds is 15. The summed E-state index contributed by atoms with van der Waals surface area (Å²) in [6, 6.07) is 14.3. The van der Waals surface area contributed by atoms with Gasteiger partial charge in [-0.25, -0.2) is 36.2 Å². The first-order valence-electron chi connectivity index (χ1n) is 20.6. The predicted octanol–water partition coefficient (Wildman–Crippen LogP) is 5.67. The number of nitrogens with one attached hydrogen (secondary N) is 4. The molecule has 2 aromatic carbocycles. The third kappa shape index (κ3) is 8.38. The van der Waals surface area contributed by atoms with Crippen LogP contribution in [0.15, 0.2) is 60.9 Å². The van der Waals surface area contributed by atoms with Gasteiger partial charge in [0, 0.05) is 13.1 Å². The fourth-order valence-corrected chi connectivity index (χ4v) is 11.6. The number of carbonyl (C=O) groups excluding carboxylic acids is 2. The summed E-state index contributed by atoms with van der Waals surface area (Å²) in [6.07, 6.45) is 9.25. The number of aromatic amines is 2. The van der Waals surface area contributed by atoms with Gasteiger partial charge in [0.05, 0.1) is 46.4 Å². The van der Waals surface area contributed by atoms with Crippen LogP contribution in [0, 0.1) is 11.8 Å². The zero-order chi connectivity index (χ0) is 40.9. The zero-order valence-electron chi connectivity index (χ0n) is 33.5. The predicted molar refractivity (Wildman–Crippen MR) is 222 cm³/mol. The highest BCUT2D eigenvalue weighted by Crippen LogP contribution is 2.36. The summed E-state index contributed by atoms with van der Waals surface area (Å²) < 4.78 is 56.4. The van der Waals surface area contributed by atoms with Gasteiger partial charge in [-0.2, -0.15) is 0 Å². The fraction of sp³-hybridized carbons (Fsp3) is 0.524. The molecule has 2 saturated carbocycles. The molecule has 4 aliphatic rings. The van der Waals surface area contributed by atoms with Crippen molar-refractivity contribution >= 4 is 31.9 Å². The molecule has 2 saturated heterocycles. The molecule has 8 rings (SSSR count). The van der Waals surface area contributed by atoms with Crippen molar-refractivity contribution in [3.8, 4) is 33.6 Å². The van der Waals surface area contributed by atoms with Crippen molar-refractivity contribution in [1.29, 1.82) is 0 Å². The Morgan fingerprint density at radius 2 is 0.931 bits per heavy atom. The second-order valence-corrected chi connectivity index (χ2v) is 21.1. The van der Waals surface area contributed by atoms with E-state index in [9.17, 15) is 26.4 Å². The summed E-state index contributed by atoms with van der Waals surface area (Å²) in [5, 5.41) is -0.787. The van der Waals surface area contributed by atoms with E-state index < -0.39 is 42.6 Å². The third-order valence-corrected chi connectivity index (χ3v) is 15.9. The number of benzene rings is 2. The summed E-state index contributed by atoms with van der Waals surface area (Å²) >= 11 is 0. The molecule has 4 fully saturated rings. The van der Waals surface area contributed by atoms with Crippen LogP contribution in [0.25, 0.3) is 33.6 Å². The van der Waals surface area contributed by atoms with Gasteiger partial charge in [-0.15, -0.1) is 0 Å². The summed E-state index contributed by atoms with van der Waals surface area (Å²) in [5.74, 6) is 0.592. The van der Waals surface area contributed by atoms with E-state index in [0.29, 0.717) is 50.4 Å². The van der Waals surface area contributed by atoms with Crippen LogP contribution in [0.5, 0.6) is 0 Å². The zero-order valence-corrected chi connectivity index (χ0v) is 35.2. The summed E-state index contributed by atoms with van der Waals surface area (Å²) in [7, 11) is -7.05. The van der Waals surface area contributed by atoms with Crippen molar-refractivity contribution in [2.45, 2.75) is 114 Å². The highest BCUT2D eigenvalue weighted by atomic mass is 32.2. The molecule has 0 bridgehead atoms. The molecular formula is C42H54N8O6S2. The SMILES string of the molecule is CC(C)[C@H](NS(=O)(=O)C1CC1)C(=O)N1CCCC1c1ncc(-c2ccc(-c3ccc(-c4cnc(C5CCCN5C(=O)[C@@H](NS(=O)(=O)C5CC5)C(C)C)[nH]4)cc3)cc2)[nH]1. The minimum absolute atomic E-state index is 0.192. The largest absolute Gasteiger partial charge is 0.340 e. The van der Waals surface area contributed by atoms with Crippen molar-refractivity contribution in [2.24, 2.45) is 11.8 Å². The van der Waals surface area contributed by atoms with Crippen molar-refractivity contribution in [2.75, 3.05) is 13.1 Å². The Kier molecular flexibility index (Phi) is 11.1. The van der Waals surface area contributed by atoms with E-state index in [2.05, 4.69) is 53.6 Å². The van der Waals surface area contributed by atoms with Gasteiger partial charge in [0.1, 0.15) is 23.7 Å². The Labute approximate surface area is 341 Å². The average molecular weight is 831 g/mol. The van der Waals surface area contributed by atoms with Gasteiger partial charge < -0.3 is 19.8 Å². The van der Waals surface area contributed by atoms with Gasteiger partial charge in [-0.1, -0.05) is 76.2 Å². The number of hydrogen-bond donors (Lipinski definition) is 4. The van der Waals surface area contributed by atoms with Crippen molar-refractivity contribution in [1.82, 2.24) is 39.2 Å². The number of sulfonamides is 2. The summed E-state index contributed by atoms with van der Waals surface area (Å²) in [4.78, 5) is 47.3. The van der Waals surface area contributed by atoms with Crippen LogP contribution in [0.3, 0.4) is 0 Å². The highest BCUT2D eigenvalue weighted by molar-refractivity contribution is 7.90. The lowest BCUT2D eigenvalue weighted by atomic mass is 10.0. The molecule has 0 radical (unpaired) electrons. The van der Waals surface area contributed by atoms with Gasteiger partial charge in [-0.05, 0) is 85.5 Å². The van der Waals surface area contributed by atoms with Crippen molar-refractivity contribution < 1.29 is 26.4 Å². The van der Waals surface area contributed by atoms with E-state index in [1.54, 1.807) is 22.2 Å². The van der Waals surface area contributed by atoms with Crippen molar-refractivity contribution in [3.05, 3.63) is 72.6 Å². The number of nitrogens with zero attached hydrogens (tertiary/aromatic N) is 4. The van der Waals surface area contributed by atoms with Gasteiger partial charge in [0.25, 0.3) is 0 Å². The minimum atomic E-state index is -3.52. The van der Waals surface area contributed by atoms with E-state index in [-0.39, 0.29) is 35.7 Å². The standard InChI is InChI=1S/C42H54N8O6S2/c1-25(2)37(47-57(53,54)31-17-18-31)41(51)49-21-5-7-35(49)39-43-23-33(45-39)29-13-9-27(10-14-29)28-11-15-30(16-12-28)34-24-44-40(46-34)36-8-6-22-50(36)42(52)38(26(3)4)48-58(55,56)32-19-20-32/h9-16,23-26,31-32,35-38,47-48H,5-8,17-22H2,1-4H3,(H,43,45)(H,44,46)/t35?,36?,37-,38-/m0/s1. The molecule has 2 unspecified atom stereocenters. The summed E-state index contributed by atoms with van der Waals surface area (Å²) in [5.41, 5.74) is 5.66. The first-order chi connectivity index (χ1) is 27.7. The Morgan fingerprint density at radius 1 is 0.586 bits per heavy atom. The molecule has 2 aliphatic heterocycles. The second-order valence-electron chi connectivity index (χ2n) is 17.1.